The SMILES string of the molecule is Cc1n[nH]c(C)c1C(C)C(=O)Nc1sc(Nc2ccccc2)nc1C(N)=O. The van der Waals surface area contributed by atoms with Gasteiger partial charge in [-0.3, -0.25) is 14.7 Å². The number of thiazole rings is 1. The number of nitrogens with zero attached hydrogens (tertiary/aromatic N) is 2. The minimum absolute atomic E-state index is 0.0274. The summed E-state index contributed by atoms with van der Waals surface area (Å²) < 4.78 is 0. The number of benzene rings is 1. The Morgan fingerprint density at radius 2 is 1.93 bits per heavy atom. The third kappa shape index (κ3) is 3.98. The third-order valence-corrected chi connectivity index (χ3v) is 5.02. The van der Waals surface area contributed by atoms with Crippen LogP contribution in [-0.2, 0) is 4.79 Å². The van der Waals surface area contributed by atoms with E-state index in [0.717, 1.165) is 34.0 Å². The number of rotatable bonds is 6. The summed E-state index contributed by atoms with van der Waals surface area (Å²) in [5.41, 5.74) is 8.70. The molecule has 140 valence electrons. The summed E-state index contributed by atoms with van der Waals surface area (Å²) in [4.78, 5) is 28.7. The van der Waals surface area contributed by atoms with E-state index in [0.29, 0.717) is 10.1 Å². The van der Waals surface area contributed by atoms with Crippen molar-refractivity contribution in [1.82, 2.24) is 15.2 Å². The van der Waals surface area contributed by atoms with E-state index in [1.54, 1.807) is 6.92 Å². The van der Waals surface area contributed by atoms with Crippen molar-refractivity contribution in [1.29, 1.82) is 0 Å². The van der Waals surface area contributed by atoms with Crippen molar-refractivity contribution < 1.29 is 9.59 Å². The molecule has 0 saturated heterocycles. The van der Waals surface area contributed by atoms with Crippen LogP contribution in [0.5, 0.6) is 0 Å². The average molecular weight is 384 g/mol. The molecule has 3 rings (SSSR count). The third-order valence-electron chi connectivity index (χ3n) is 4.13. The van der Waals surface area contributed by atoms with Crippen molar-refractivity contribution in [2.45, 2.75) is 26.7 Å². The number of carbonyl (C=O) groups is 2. The number of aromatic amines is 1. The molecule has 0 fully saturated rings. The van der Waals surface area contributed by atoms with E-state index in [-0.39, 0.29) is 11.6 Å². The maximum atomic E-state index is 12.7. The minimum Gasteiger partial charge on any atom is -0.364 e. The zero-order valence-electron chi connectivity index (χ0n) is 15.2. The van der Waals surface area contributed by atoms with Gasteiger partial charge in [-0.05, 0) is 32.9 Å². The number of aryl methyl sites for hydroxylation is 2. The largest absolute Gasteiger partial charge is 0.364 e. The summed E-state index contributed by atoms with van der Waals surface area (Å²) in [6.07, 6.45) is 0. The fourth-order valence-electron chi connectivity index (χ4n) is 2.82. The first kappa shape index (κ1) is 18.6. The second-order valence-corrected chi connectivity index (χ2v) is 7.11. The first-order valence-corrected chi connectivity index (χ1v) is 9.13. The summed E-state index contributed by atoms with van der Waals surface area (Å²) in [5.74, 6) is -1.41. The number of hydrogen-bond acceptors (Lipinski definition) is 6. The van der Waals surface area contributed by atoms with E-state index in [1.165, 1.54) is 0 Å². The Morgan fingerprint density at radius 3 is 2.52 bits per heavy atom. The summed E-state index contributed by atoms with van der Waals surface area (Å²) in [6, 6.07) is 9.40. The molecule has 0 bridgehead atoms. The number of anilines is 3. The van der Waals surface area contributed by atoms with Crippen LogP contribution in [0.15, 0.2) is 30.3 Å². The molecule has 2 amide bonds. The molecule has 2 aromatic heterocycles. The van der Waals surface area contributed by atoms with Gasteiger partial charge >= 0.3 is 0 Å². The number of H-pyrrole nitrogens is 1. The van der Waals surface area contributed by atoms with E-state index in [2.05, 4.69) is 25.8 Å². The molecule has 5 N–H and O–H groups in total. The van der Waals surface area contributed by atoms with Crippen LogP contribution in [0.4, 0.5) is 15.8 Å². The summed E-state index contributed by atoms with van der Waals surface area (Å²) in [6.45, 7) is 5.49. The van der Waals surface area contributed by atoms with Crippen molar-refractivity contribution >= 4 is 39.0 Å². The molecule has 0 radical (unpaired) electrons. The Kier molecular flexibility index (Phi) is 5.22. The Hall–Kier alpha value is -3.20. The Balaban J connectivity index is 1.83. The van der Waals surface area contributed by atoms with Gasteiger partial charge in [0.05, 0.1) is 11.6 Å². The summed E-state index contributed by atoms with van der Waals surface area (Å²) in [7, 11) is 0. The minimum atomic E-state index is -0.703. The predicted molar refractivity (Wildman–Crippen MR) is 105 cm³/mol. The number of primary amides is 1. The number of hydrogen-bond donors (Lipinski definition) is 4. The first-order valence-electron chi connectivity index (χ1n) is 8.31. The quantitative estimate of drug-likeness (QED) is 0.520. The molecule has 0 spiro atoms. The Bertz CT molecular complexity index is 960. The maximum Gasteiger partial charge on any atom is 0.270 e. The summed E-state index contributed by atoms with van der Waals surface area (Å²) in [5, 5.41) is 13.7. The highest BCUT2D eigenvalue weighted by Gasteiger charge is 2.24. The van der Waals surface area contributed by atoms with Gasteiger partial charge in [0, 0.05) is 16.9 Å². The zero-order valence-corrected chi connectivity index (χ0v) is 16.0. The molecule has 2 heterocycles. The van der Waals surface area contributed by atoms with Gasteiger partial charge in [0.25, 0.3) is 5.91 Å². The molecular weight excluding hydrogens is 364 g/mol. The van der Waals surface area contributed by atoms with Crippen molar-refractivity contribution in [3.8, 4) is 0 Å². The maximum absolute atomic E-state index is 12.7. The van der Waals surface area contributed by atoms with Gasteiger partial charge in [-0.2, -0.15) is 5.10 Å². The van der Waals surface area contributed by atoms with Gasteiger partial charge in [-0.1, -0.05) is 29.5 Å². The Morgan fingerprint density at radius 1 is 1.22 bits per heavy atom. The molecule has 0 aliphatic rings. The number of carbonyl (C=O) groups excluding carboxylic acids is 2. The normalized spacial score (nSPS) is 11.8. The second kappa shape index (κ2) is 7.58. The molecule has 1 atom stereocenters. The van der Waals surface area contributed by atoms with E-state index in [4.69, 9.17) is 5.73 Å². The van der Waals surface area contributed by atoms with Crippen LogP contribution in [0.2, 0.25) is 0 Å². The van der Waals surface area contributed by atoms with Gasteiger partial charge < -0.3 is 16.4 Å². The fourth-order valence-corrected chi connectivity index (χ4v) is 3.71. The zero-order chi connectivity index (χ0) is 19.6. The van der Waals surface area contributed by atoms with E-state index in [1.807, 2.05) is 44.2 Å². The lowest BCUT2D eigenvalue weighted by atomic mass is 9.98. The standard InChI is InChI=1S/C18H20N6O2S/c1-9(13-10(2)23-24-11(13)3)16(26)22-17-14(15(19)25)21-18(27-17)20-12-7-5-4-6-8-12/h4-9H,1-3H3,(H2,19,25)(H,20,21)(H,22,26)(H,23,24). The predicted octanol–water partition coefficient (Wildman–Crippen LogP) is 3.07. The van der Waals surface area contributed by atoms with Crippen LogP contribution in [0, 0.1) is 13.8 Å². The average Bonchev–Trinajstić information content (AvgIpc) is 3.18. The number of nitrogens with one attached hydrogen (secondary N) is 3. The van der Waals surface area contributed by atoms with Crippen LogP contribution in [0.3, 0.4) is 0 Å². The van der Waals surface area contributed by atoms with Crippen LogP contribution >= 0.6 is 11.3 Å². The van der Waals surface area contributed by atoms with E-state index >= 15 is 0 Å². The molecule has 1 aromatic carbocycles. The molecule has 0 aliphatic heterocycles. The summed E-state index contributed by atoms with van der Waals surface area (Å²) >= 11 is 1.16. The van der Waals surface area contributed by atoms with Crippen LogP contribution in [-0.4, -0.2) is 27.0 Å². The highest BCUT2D eigenvalue weighted by Crippen LogP contribution is 2.32. The first-order chi connectivity index (χ1) is 12.9. The van der Waals surface area contributed by atoms with E-state index in [9.17, 15) is 9.59 Å². The number of para-hydroxylation sites is 1. The second-order valence-electron chi connectivity index (χ2n) is 6.11. The molecular formula is C18H20N6O2S. The van der Waals surface area contributed by atoms with Crippen molar-refractivity contribution in [2.24, 2.45) is 5.73 Å². The lowest BCUT2D eigenvalue weighted by Gasteiger charge is -2.12. The topological polar surface area (TPSA) is 126 Å². The molecule has 8 nitrogen and oxygen atoms in total. The lowest BCUT2D eigenvalue weighted by Crippen LogP contribution is -2.22. The molecule has 9 heteroatoms. The van der Waals surface area contributed by atoms with Gasteiger partial charge in [0.15, 0.2) is 10.8 Å². The monoisotopic (exact) mass is 384 g/mol. The molecule has 27 heavy (non-hydrogen) atoms. The fraction of sp³-hybridized carbons (Fsp3) is 0.222. The molecule has 3 aromatic rings. The van der Waals surface area contributed by atoms with Gasteiger partial charge in [-0.25, -0.2) is 4.98 Å². The van der Waals surface area contributed by atoms with Crippen LogP contribution in [0.25, 0.3) is 0 Å². The number of nitrogens with two attached hydrogens (primary N) is 1. The molecule has 0 saturated carbocycles. The van der Waals surface area contributed by atoms with Gasteiger partial charge in [-0.15, -0.1) is 0 Å². The highest BCUT2D eigenvalue weighted by molar-refractivity contribution is 7.20. The number of aromatic nitrogens is 3. The van der Waals surface area contributed by atoms with Gasteiger partial charge in [0.1, 0.15) is 5.00 Å². The Labute approximate surface area is 160 Å². The lowest BCUT2D eigenvalue weighted by molar-refractivity contribution is -0.117. The van der Waals surface area contributed by atoms with Crippen molar-refractivity contribution in [3.05, 3.63) is 53.0 Å². The molecule has 1 unspecified atom stereocenters. The van der Waals surface area contributed by atoms with Crippen molar-refractivity contribution in [3.63, 3.8) is 0 Å². The van der Waals surface area contributed by atoms with Gasteiger partial charge in [0.2, 0.25) is 5.91 Å². The number of amides is 2. The van der Waals surface area contributed by atoms with E-state index < -0.39 is 11.8 Å². The highest BCUT2D eigenvalue weighted by atomic mass is 32.1. The van der Waals surface area contributed by atoms with Crippen LogP contribution in [0.1, 0.15) is 40.3 Å². The van der Waals surface area contributed by atoms with Crippen molar-refractivity contribution in [2.75, 3.05) is 10.6 Å². The van der Waals surface area contributed by atoms with Crippen LogP contribution < -0.4 is 16.4 Å². The smallest absolute Gasteiger partial charge is 0.270 e. The molecule has 0 aliphatic carbocycles.